The maximum Gasteiger partial charge on any atom is 0.407 e. The highest BCUT2D eigenvalue weighted by Crippen LogP contribution is 2.28. The van der Waals surface area contributed by atoms with Gasteiger partial charge >= 0.3 is 6.09 Å². The van der Waals surface area contributed by atoms with Crippen molar-refractivity contribution in [1.82, 2.24) is 24.9 Å². The van der Waals surface area contributed by atoms with E-state index in [1.165, 1.54) is 6.33 Å². The zero-order valence-electron chi connectivity index (χ0n) is 17.4. The first-order valence-corrected chi connectivity index (χ1v) is 9.79. The number of fused-ring (bicyclic) bond motifs is 1. The van der Waals surface area contributed by atoms with Crippen LogP contribution in [-0.4, -0.2) is 43.6 Å². The van der Waals surface area contributed by atoms with E-state index in [9.17, 15) is 9.59 Å². The molecule has 0 radical (unpaired) electrons. The Morgan fingerprint density at radius 3 is 2.63 bits per heavy atom. The number of anilines is 1. The number of pyridine rings is 1. The second-order valence-corrected chi connectivity index (χ2v) is 7.89. The maximum absolute atomic E-state index is 12.9. The Bertz CT molecular complexity index is 1040. The maximum atomic E-state index is 12.9. The van der Waals surface area contributed by atoms with Crippen LogP contribution in [0.1, 0.15) is 50.4 Å². The Labute approximate surface area is 174 Å². The van der Waals surface area contributed by atoms with Crippen LogP contribution in [0, 0.1) is 0 Å². The second-order valence-electron chi connectivity index (χ2n) is 7.89. The fraction of sp³-hybridized carbons (Fsp3) is 0.381. The van der Waals surface area contributed by atoms with Crippen molar-refractivity contribution in [3.05, 3.63) is 42.5 Å². The third kappa shape index (κ3) is 5.11. The molecule has 30 heavy (non-hydrogen) atoms. The Kier molecular flexibility index (Phi) is 6.29. The van der Waals surface area contributed by atoms with E-state index in [0.717, 1.165) is 11.3 Å². The third-order valence-corrected chi connectivity index (χ3v) is 4.36. The number of ketones is 1. The molecule has 9 heteroatoms. The first kappa shape index (κ1) is 21.2. The molecule has 158 valence electrons. The highest BCUT2D eigenvalue weighted by atomic mass is 16.6. The topological polar surface area (TPSA) is 124 Å². The first-order chi connectivity index (χ1) is 14.3. The molecule has 3 aromatic heterocycles. The van der Waals surface area contributed by atoms with Crippen LogP contribution in [0.15, 0.2) is 36.9 Å². The summed E-state index contributed by atoms with van der Waals surface area (Å²) in [6, 6.07) is 5.48. The average Bonchev–Trinajstić information content (AvgIpc) is 3.08. The molecule has 3 heterocycles. The van der Waals surface area contributed by atoms with Gasteiger partial charge in [0.2, 0.25) is 0 Å². The minimum Gasteiger partial charge on any atom is -0.444 e. The van der Waals surface area contributed by atoms with Gasteiger partial charge in [-0.1, -0.05) is 0 Å². The molecular weight excluding hydrogens is 384 g/mol. The fourth-order valence-corrected chi connectivity index (χ4v) is 3.06. The van der Waals surface area contributed by atoms with E-state index in [-0.39, 0.29) is 11.6 Å². The number of nitrogens with one attached hydrogen (secondary N) is 1. The summed E-state index contributed by atoms with van der Waals surface area (Å²) in [5.74, 6) is 0.201. The lowest BCUT2D eigenvalue weighted by atomic mass is 10.1. The largest absolute Gasteiger partial charge is 0.444 e. The molecule has 3 rings (SSSR count). The van der Waals surface area contributed by atoms with Crippen LogP contribution in [0.5, 0.6) is 0 Å². The molecule has 0 spiro atoms. The second kappa shape index (κ2) is 8.89. The van der Waals surface area contributed by atoms with Crippen LogP contribution in [-0.2, 0) is 4.74 Å². The molecule has 0 aromatic carbocycles. The molecule has 0 atom stereocenters. The van der Waals surface area contributed by atoms with Gasteiger partial charge in [-0.05, 0) is 51.8 Å². The zero-order valence-corrected chi connectivity index (χ0v) is 17.4. The molecule has 3 N–H and O–H groups in total. The average molecular weight is 410 g/mol. The number of alkyl carbamates (subject to hydrolysis) is 1. The lowest BCUT2D eigenvalue weighted by Crippen LogP contribution is -2.33. The van der Waals surface area contributed by atoms with Crippen molar-refractivity contribution < 1.29 is 14.3 Å². The van der Waals surface area contributed by atoms with Crippen molar-refractivity contribution >= 4 is 23.2 Å². The number of amides is 1. The summed E-state index contributed by atoms with van der Waals surface area (Å²) in [6.07, 6.45) is 5.85. The molecule has 0 unspecified atom stereocenters. The van der Waals surface area contributed by atoms with Crippen LogP contribution in [0.25, 0.3) is 16.8 Å². The van der Waals surface area contributed by atoms with Gasteiger partial charge in [0.15, 0.2) is 11.6 Å². The molecule has 0 aliphatic carbocycles. The van der Waals surface area contributed by atoms with Gasteiger partial charge in [-0.15, -0.1) is 0 Å². The number of rotatable bonds is 7. The van der Waals surface area contributed by atoms with Crippen molar-refractivity contribution in [2.45, 2.75) is 45.6 Å². The SMILES string of the molecule is CC(C)(C)OC(=O)NCCCCC(=O)c1cc(-c2ccncc2)n2ncnc(N)c12. The lowest BCUT2D eigenvalue weighted by Gasteiger charge is -2.19. The number of carbonyl (C=O) groups is 2. The number of hydrogen-bond donors (Lipinski definition) is 2. The van der Waals surface area contributed by atoms with Gasteiger partial charge in [0, 0.05) is 36.5 Å². The normalized spacial score (nSPS) is 11.4. The number of unbranched alkanes of at least 4 members (excludes halogenated alkanes) is 1. The van der Waals surface area contributed by atoms with Crippen LogP contribution in [0.4, 0.5) is 10.6 Å². The van der Waals surface area contributed by atoms with Crippen LogP contribution in [0.3, 0.4) is 0 Å². The molecule has 9 nitrogen and oxygen atoms in total. The number of nitrogens with two attached hydrogens (primary N) is 1. The summed E-state index contributed by atoms with van der Waals surface area (Å²) in [4.78, 5) is 32.6. The predicted octanol–water partition coefficient (Wildman–Crippen LogP) is 3.25. The molecule has 1 amide bonds. The van der Waals surface area contributed by atoms with Gasteiger partial charge in [0.1, 0.15) is 17.4 Å². The third-order valence-electron chi connectivity index (χ3n) is 4.36. The lowest BCUT2D eigenvalue weighted by molar-refractivity contribution is 0.0527. The van der Waals surface area contributed by atoms with E-state index in [4.69, 9.17) is 10.5 Å². The van der Waals surface area contributed by atoms with E-state index >= 15 is 0 Å². The quantitative estimate of drug-likeness (QED) is 0.452. The van der Waals surface area contributed by atoms with Gasteiger partial charge < -0.3 is 15.8 Å². The van der Waals surface area contributed by atoms with E-state index in [1.807, 2.05) is 32.9 Å². The molecule has 0 bridgehead atoms. The van der Waals surface area contributed by atoms with Crippen molar-refractivity contribution in [2.75, 3.05) is 12.3 Å². The van der Waals surface area contributed by atoms with E-state index in [2.05, 4.69) is 20.4 Å². The predicted molar refractivity (Wildman–Crippen MR) is 113 cm³/mol. The Balaban J connectivity index is 1.67. The van der Waals surface area contributed by atoms with Gasteiger partial charge in [-0.25, -0.2) is 14.3 Å². The summed E-state index contributed by atoms with van der Waals surface area (Å²) in [7, 11) is 0. The van der Waals surface area contributed by atoms with Crippen LogP contribution < -0.4 is 11.1 Å². The summed E-state index contributed by atoms with van der Waals surface area (Å²) < 4.78 is 6.82. The first-order valence-electron chi connectivity index (χ1n) is 9.79. The molecular formula is C21H26N6O3. The fourth-order valence-electron chi connectivity index (χ4n) is 3.06. The highest BCUT2D eigenvalue weighted by Gasteiger charge is 2.20. The van der Waals surface area contributed by atoms with Gasteiger partial charge in [0.05, 0.1) is 5.69 Å². The molecule has 0 aliphatic heterocycles. The summed E-state index contributed by atoms with van der Waals surface area (Å²) >= 11 is 0. The highest BCUT2D eigenvalue weighted by molar-refractivity contribution is 6.06. The number of ether oxygens (including phenoxy) is 1. The number of nitrogens with zero attached hydrogens (tertiary/aromatic N) is 4. The number of Topliss-reactive ketones (excluding diaryl/α,β-unsaturated/α-hetero) is 1. The number of carbonyl (C=O) groups excluding carboxylic acids is 2. The summed E-state index contributed by atoms with van der Waals surface area (Å²) in [5, 5.41) is 6.97. The van der Waals surface area contributed by atoms with Gasteiger partial charge in [-0.3, -0.25) is 9.78 Å². The van der Waals surface area contributed by atoms with Crippen LogP contribution >= 0.6 is 0 Å². The van der Waals surface area contributed by atoms with Gasteiger partial charge in [-0.2, -0.15) is 5.10 Å². The Hall–Kier alpha value is -3.49. The molecule has 3 aromatic rings. The monoisotopic (exact) mass is 410 g/mol. The van der Waals surface area contributed by atoms with Crippen molar-refractivity contribution in [2.24, 2.45) is 0 Å². The zero-order chi connectivity index (χ0) is 21.7. The number of hydrogen-bond acceptors (Lipinski definition) is 7. The van der Waals surface area contributed by atoms with E-state index in [1.54, 1.807) is 23.0 Å². The number of aromatic nitrogens is 4. The van der Waals surface area contributed by atoms with Gasteiger partial charge in [0.25, 0.3) is 0 Å². The van der Waals surface area contributed by atoms with Crippen molar-refractivity contribution in [3.8, 4) is 11.3 Å². The molecule has 0 saturated carbocycles. The minimum absolute atomic E-state index is 0.0495. The molecule has 0 saturated heterocycles. The van der Waals surface area contributed by atoms with Crippen LogP contribution in [0.2, 0.25) is 0 Å². The van der Waals surface area contributed by atoms with Crippen molar-refractivity contribution in [1.29, 1.82) is 0 Å². The smallest absolute Gasteiger partial charge is 0.407 e. The minimum atomic E-state index is -0.537. The van der Waals surface area contributed by atoms with Crippen molar-refractivity contribution in [3.63, 3.8) is 0 Å². The molecule has 0 aliphatic rings. The Morgan fingerprint density at radius 2 is 1.93 bits per heavy atom. The van der Waals surface area contributed by atoms with E-state index in [0.29, 0.717) is 36.9 Å². The number of nitrogen functional groups attached to an aromatic ring is 1. The standard InChI is InChI=1S/C21H26N6O3/c1-21(2,3)30-20(29)24-9-5-4-6-17(28)15-12-16(14-7-10-23-11-8-14)27-18(15)19(22)25-13-26-27/h7-8,10-13H,4-6,9H2,1-3H3,(H,24,29)(H2,22,25,26). The summed E-state index contributed by atoms with van der Waals surface area (Å²) in [5.41, 5.74) is 8.12. The Morgan fingerprint density at radius 1 is 1.20 bits per heavy atom. The molecule has 0 fully saturated rings. The summed E-state index contributed by atoms with van der Waals surface area (Å²) in [6.45, 7) is 5.86. The van der Waals surface area contributed by atoms with E-state index < -0.39 is 11.7 Å².